The zero-order chi connectivity index (χ0) is 23.7. The Morgan fingerprint density at radius 3 is 1.91 bits per heavy atom. The molecule has 0 radical (unpaired) electrons. The van der Waals surface area contributed by atoms with Crippen molar-refractivity contribution in [1.82, 2.24) is 10.9 Å². The number of carbonyl (C=O) groups is 3. The average Bonchev–Trinajstić information content (AvgIpc) is 2.76. The van der Waals surface area contributed by atoms with Crippen LogP contribution in [-0.4, -0.2) is 39.1 Å². The lowest BCUT2D eigenvalue weighted by molar-refractivity contribution is -0.124. The number of rotatable bonds is 9. The molecule has 3 amide bonds. The van der Waals surface area contributed by atoms with Crippen LogP contribution in [0.1, 0.15) is 37.0 Å². The fourth-order valence-corrected chi connectivity index (χ4v) is 3.11. The van der Waals surface area contributed by atoms with Crippen molar-refractivity contribution in [3.05, 3.63) is 48.0 Å². The number of amides is 3. The summed E-state index contributed by atoms with van der Waals surface area (Å²) in [6, 6.07) is 12.0. The van der Waals surface area contributed by atoms with Gasteiger partial charge in [-0.1, -0.05) is 32.0 Å². The Hall–Kier alpha value is -3.75. The number of benzene rings is 2. The van der Waals surface area contributed by atoms with E-state index in [1.54, 1.807) is 26.0 Å². The number of methoxy groups -OCH3 is 3. The number of hydrazine groups is 1. The van der Waals surface area contributed by atoms with Gasteiger partial charge < -0.3 is 19.5 Å². The molecular formula is C23H29N3O6. The summed E-state index contributed by atoms with van der Waals surface area (Å²) in [6.07, 6.45) is 0.168. The van der Waals surface area contributed by atoms with Crippen molar-refractivity contribution < 1.29 is 28.6 Å². The van der Waals surface area contributed by atoms with Crippen molar-refractivity contribution in [2.24, 2.45) is 5.41 Å². The van der Waals surface area contributed by atoms with E-state index in [0.29, 0.717) is 22.9 Å². The molecule has 9 heteroatoms. The van der Waals surface area contributed by atoms with Gasteiger partial charge >= 0.3 is 0 Å². The molecule has 0 unspecified atom stereocenters. The molecule has 0 heterocycles. The Morgan fingerprint density at radius 2 is 1.38 bits per heavy atom. The van der Waals surface area contributed by atoms with Gasteiger partial charge in [-0.2, -0.15) is 0 Å². The van der Waals surface area contributed by atoms with Gasteiger partial charge in [-0.05, 0) is 29.7 Å². The first-order chi connectivity index (χ1) is 15.2. The Bertz CT molecular complexity index is 934. The molecule has 3 N–H and O–H groups in total. The fraction of sp³-hybridized carbons (Fsp3) is 0.348. The van der Waals surface area contributed by atoms with Gasteiger partial charge in [0.2, 0.25) is 17.6 Å². The summed E-state index contributed by atoms with van der Waals surface area (Å²) < 4.78 is 15.7. The molecule has 0 aliphatic carbocycles. The number of carbonyl (C=O) groups excluding carboxylic acids is 3. The zero-order valence-electron chi connectivity index (χ0n) is 18.9. The lowest BCUT2D eigenvalue weighted by Crippen LogP contribution is -2.43. The highest BCUT2D eigenvalue weighted by Gasteiger charge is 2.26. The van der Waals surface area contributed by atoms with Gasteiger partial charge in [0, 0.05) is 24.1 Å². The molecule has 172 valence electrons. The normalized spacial score (nSPS) is 10.7. The Kier molecular flexibility index (Phi) is 8.46. The van der Waals surface area contributed by atoms with E-state index in [-0.39, 0.29) is 24.3 Å². The van der Waals surface area contributed by atoms with Gasteiger partial charge in [0.1, 0.15) is 0 Å². The van der Waals surface area contributed by atoms with Crippen molar-refractivity contribution >= 4 is 23.4 Å². The van der Waals surface area contributed by atoms with Gasteiger partial charge in [0.25, 0.3) is 5.91 Å². The van der Waals surface area contributed by atoms with Crippen molar-refractivity contribution in [3.8, 4) is 17.2 Å². The van der Waals surface area contributed by atoms with E-state index in [4.69, 9.17) is 14.2 Å². The topological polar surface area (TPSA) is 115 Å². The van der Waals surface area contributed by atoms with Crippen LogP contribution in [0.2, 0.25) is 0 Å². The third-order valence-electron chi connectivity index (χ3n) is 4.58. The summed E-state index contributed by atoms with van der Waals surface area (Å²) >= 11 is 0. The third-order valence-corrected chi connectivity index (χ3v) is 4.58. The van der Waals surface area contributed by atoms with Gasteiger partial charge in [0.15, 0.2) is 11.5 Å². The van der Waals surface area contributed by atoms with E-state index < -0.39 is 17.2 Å². The first-order valence-electron chi connectivity index (χ1n) is 9.93. The predicted octanol–water partition coefficient (Wildman–Crippen LogP) is 2.92. The summed E-state index contributed by atoms with van der Waals surface area (Å²) in [7, 11) is 4.34. The van der Waals surface area contributed by atoms with E-state index in [1.807, 2.05) is 18.2 Å². The van der Waals surface area contributed by atoms with Crippen LogP contribution in [0.15, 0.2) is 42.5 Å². The first-order valence-corrected chi connectivity index (χ1v) is 9.93. The van der Waals surface area contributed by atoms with Gasteiger partial charge in [0.05, 0.1) is 21.3 Å². The quantitative estimate of drug-likeness (QED) is 0.514. The van der Waals surface area contributed by atoms with Gasteiger partial charge in [-0.15, -0.1) is 0 Å². The van der Waals surface area contributed by atoms with Crippen LogP contribution in [0.3, 0.4) is 0 Å². The van der Waals surface area contributed by atoms with Crippen LogP contribution >= 0.6 is 0 Å². The Labute approximate surface area is 187 Å². The lowest BCUT2D eigenvalue weighted by atomic mass is 9.85. The number of anilines is 1. The second kappa shape index (κ2) is 11.0. The highest BCUT2D eigenvalue weighted by atomic mass is 16.5. The van der Waals surface area contributed by atoms with Gasteiger partial charge in [-0.25, -0.2) is 0 Å². The maximum Gasteiger partial charge on any atom is 0.269 e. The summed E-state index contributed by atoms with van der Waals surface area (Å²) in [4.78, 5) is 37.1. The average molecular weight is 444 g/mol. The summed E-state index contributed by atoms with van der Waals surface area (Å²) in [5.41, 5.74) is 5.02. The zero-order valence-corrected chi connectivity index (χ0v) is 18.9. The lowest BCUT2D eigenvalue weighted by Gasteiger charge is -2.23. The number of hydrogen-bond acceptors (Lipinski definition) is 6. The molecule has 0 saturated heterocycles. The molecular weight excluding hydrogens is 414 g/mol. The predicted molar refractivity (Wildman–Crippen MR) is 120 cm³/mol. The minimum Gasteiger partial charge on any atom is -0.493 e. The molecule has 0 fully saturated rings. The maximum atomic E-state index is 12.5. The Balaban J connectivity index is 1.92. The number of para-hydroxylation sites is 1. The largest absolute Gasteiger partial charge is 0.493 e. The number of nitrogens with one attached hydrogen (secondary N) is 3. The Morgan fingerprint density at radius 1 is 0.812 bits per heavy atom. The minimum atomic E-state index is -0.625. The van der Waals surface area contributed by atoms with E-state index >= 15 is 0 Å². The van der Waals surface area contributed by atoms with Crippen LogP contribution in [0.4, 0.5) is 5.69 Å². The molecule has 0 bridgehead atoms. The summed E-state index contributed by atoms with van der Waals surface area (Å²) in [5, 5.41) is 2.80. The molecule has 32 heavy (non-hydrogen) atoms. The minimum absolute atomic E-state index is 0.0325. The van der Waals surface area contributed by atoms with Crippen LogP contribution in [0, 0.1) is 5.41 Å². The van der Waals surface area contributed by atoms with Crippen LogP contribution in [0.25, 0.3) is 0 Å². The molecule has 0 spiro atoms. The second-order valence-electron chi connectivity index (χ2n) is 7.85. The standard InChI is InChI=1S/C23H29N3O6/c1-23(2,13-19(27)24-16-9-7-6-8-10-16)14-20(28)25-26-22(29)15-11-17(30-3)21(32-5)18(12-15)31-4/h6-12H,13-14H2,1-5H3,(H,24,27)(H,25,28)(H,26,29). The second-order valence-corrected chi connectivity index (χ2v) is 7.85. The molecule has 2 rings (SSSR count). The van der Waals surface area contributed by atoms with E-state index in [0.717, 1.165) is 0 Å². The number of ether oxygens (including phenoxy) is 3. The van der Waals surface area contributed by atoms with E-state index in [9.17, 15) is 14.4 Å². The van der Waals surface area contributed by atoms with Crippen LogP contribution < -0.4 is 30.4 Å². The summed E-state index contributed by atoms with van der Waals surface area (Å²) in [5.74, 6) is -0.204. The van der Waals surface area contributed by atoms with Gasteiger partial charge in [-0.3, -0.25) is 25.2 Å². The van der Waals surface area contributed by atoms with Crippen molar-refractivity contribution in [3.63, 3.8) is 0 Å². The molecule has 0 aromatic heterocycles. The van der Waals surface area contributed by atoms with Crippen molar-refractivity contribution in [2.75, 3.05) is 26.6 Å². The molecule has 0 aliphatic heterocycles. The molecule has 0 aliphatic rings. The van der Waals surface area contributed by atoms with E-state index in [2.05, 4.69) is 16.2 Å². The molecule has 2 aromatic carbocycles. The van der Waals surface area contributed by atoms with Crippen LogP contribution in [0.5, 0.6) is 17.2 Å². The monoisotopic (exact) mass is 443 g/mol. The maximum absolute atomic E-state index is 12.5. The first kappa shape index (κ1) is 24.5. The number of hydrogen-bond donors (Lipinski definition) is 3. The van der Waals surface area contributed by atoms with E-state index in [1.165, 1.54) is 33.5 Å². The van der Waals surface area contributed by atoms with Crippen molar-refractivity contribution in [2.45, 2.75) is 26.7 Å². The molecule has 0 atom stereocenters. The highest BCUT2D eigenvalue weighted by Crippen LogP contribution is 2.38. The molecule has 9 nitrogen and oxygen atoms in total. The van der Waals surface area contributed by atoms with Crippen molar-refractivity contribution in [1.29, 1.82) is 0 Å². The fourth-order valence-electron chi connectivity index (χ4n) is 3.11. The smallest absolute Gasteiger partial charge is 0.269 e. The SMILES string of the molecule is COc1cc(C(=O)NNC(=O)CC(C)(C)CC(=O)Nc2ccccc2)cc(OC)c1OC. The summed E-state index contributed by atoms with van der Waals surface area (Å²) in [6.45, 7) is 3.61. The molecule has 2 aromatic rings. The molecule has 0 saturated carbocycles. The highest BCUT2D eigenvalue weighted by molar-refractivity contribution is 5.97. The third kappa shape index (κ3) is 6.90. The van der Waals surface area contributed by atoms with Crippen LogP contribution in [-0.2, 0) is 9.59 Å².